The maximum Gasteiger partial charge on any atom is 0.0680 e. The summed E-state index contributed by atoms with van der Waals surface area (Å²) in [5, 5.41) is 3.00. The molecule has 0 unspecified atom stereocenters. The summed E-state index contributed by atoms with van der Waals surface area (Å²) in [7, 11) is 4.23. The number of fused-ring (bicyclic) bond motifs is 2. The highest BCUT2D eigenvalue weighted by molar-refractivity contribution is 8.00. The number of benzene rings is 1. The van der Waals surface area contributed by atoms with Crippen molar-refractivity contribution in [3.63, 3.8) is 0 Å². The van der Waals surface area contributed by atoms with Crippen LogP contribution in [0.5, 0.6) is 0 Å². The summed E-state index contributed by atoms with van der Waals surface area (Å²) >= 11 is 10.0. The first-order valence-electron chi connectivity index (χ1n) is 6.99. The van der Waals surface area contributed by atoms with Gasteiger partial charge < -0.3 is 4.90 Å². The van der Waals surface area contributed by atoms with Gasteiger partial charge in [-0.3, -0.25) is 0 Å². The lowest BCUT2D eigenvalue weighted by Gasteiger charge is -2.12. The molecule has 1 aromatic carbocycles. The van der Waals surface area contributed by atoms with Gasteiger partial charge in [0.25, 0.3) is 0 Å². The van der Waals surface area contributed by atoms with Crippen molar-refractivity contribution in [1.29, 1.82) is 0 Å². The van der Waals surface area contributed by atoms with Gasteiger partial charge in [-0.15, -0.1) is 23.1 Å². The smallest absolute Gasteiger partial charge is 0.0680 e. The molecule has 2 aromatic rings. The van der Waals surface area contributed by atoms with Crippen LogP contribution in [-0.4, -0.2) is 25.5 Å². The number of rotatable bonds is 3. The SMILES string of the molecule is CN(C)CC/C=C1/c2cc(Cl)ccc2CSc2sccc21. The van der Waals surface area contributed by atoms with Crippen LogP contribution in [0.3, 0.4) is 0 Å². The van der Waals surface area contributed by atoms with Crippen LogP contribution in [0.1, 0.15) is 23.1 Å². The topological polar surface area (TPSA) is 3.24 Å². The number of hydrogen-bond donors (Lipinski definition) is 0. The lowest BCUT2D eigenvalue weighted by Crippen LogP contribution is -2.12. The Labute approximate surface area is 139 Å². The van der Waals surface area contributed by atoms with E-state index in [1.54, 1.807) is 0 Å². The third-order valence-electron chi connectivity index (χ3n) is 3.57. The predicted molar refractivity (Wildman–Crippen MR) is 95.6 cm³/mol. The molecular formula is C17H18ClNS2. The van der Waals surface area contributed by atoms with E-state index in [0.717, 1.165) is 23.7 Å². The normalized spacial score (nSPS) is 15.9. The van der Waals surface area contributed by atoms with E-state index in [9.17, 15) is 0 Å². The zero-order valence-corrected chi connectivity index (χ0v) is 14.6. The van der Waals surface area contributed by atoms with Crippen molar-refractivity contribution in [2.45, 2.75) is 16.4 Å². The van der Waals surface area contributed by atoms with Gasteiger partial charge in [0.2, 0.25) is 0 Å². The van der Waals surface area contributed by atoms with E-state index in [2.05, 4.69) is 48.7 Å². The van der Waals surface area contributed by atoms with Crippen LogP contribution in [0.4, 0.5) is 0 Å². The van der Waals surface area contributed by atoms with Crippen molar-refractivity contribution in [3.05, 3.63) is 57.4 Å². The third-order valence-corrected chi connectivity index (χ3v) is 6.09. The first-order chi connectivity index (χ1) is 10.1. The molecule has 0 amide bonds. The summed E-state index contributed by atoms with van der Waals surface area (Å²) in [6, 6.07) is 8.52. The van der Waals surface area contributed by atoms with Crippen LogP contribution >= 0.6 is 34.7 Å². The summed E-state index contributed by atoms with van der Waals surface area (Å²) in [4.78, 5) is 2.22. The Kier molecular flexibility index (Phi) is 4.75. The highest BCUT2D eigenvalue weighted by Crippen LogP contribution is 2.43. The fraction of sp³-hybridized carbons (Fsp3) is 0.294. The van der Waals surface area contributed by atoms with Crippen LogP contribution in [0, 0.1) is 0 Å². The van der Waals surface area contributed by atoms with Crippen molar-refractivity contribution in [2.75, 3.05) is 20.6 Å². The van der Waals surface area contributed by atoms with Crippen LogP contribution in [0.2, 0.25) is 5.02 Å². The van der Waals surface area contributed by atoms with Gasteiger partial charge in [-0.05, 0) is 60.8 Å². The summed E-state index contributed by atoms with van der Waals surface area (Å²) in [6.07, 6.45) is 3.42. The molecule has 0 fully saturated rings. The van der Waals surface area contributed by atoms with Crippen LogP contribution in [0.25, 0.3) is 5.57 Å². The largest absolute Gasteiger partial charge is 0.309 e. The molecule has 0 radical (unpaired) electrons. The van der Waals surface area contributed by atoms with Crippen LogP contribution in [0.15, 0.2) is 39.9 Å². The lowest BCUT2D eigenvalue weighted by atomic mass is 9.95. The van der Waals surface area contributed by atoms with E-state index in [1.165, 1.54) is 26.5 Å². The third kappa shape index (κ3) is 3.37. The van der Waals surface area contributed by atoms with Crippen molar-refractivity contribution < 1.29 is 0 Å². The van der Waals surface area contributed by atoms with Gasteiger partial charge in [0, 0.05) is 22.9 Å². The molecular weight excluding hydrogens is 318 g/mol. The quantitative estimate of drug-likeness (QED) is 0.739. The standard InChI is InChI=1S/C17H18ClNS2/c1-19(2)8-3-4-14-15-7-9-20-17(15)21-11-12-5-6-13(18)10-16(12)14/h4-7,9-10H,3,8,11H2,1-2H3/b14-4+. The molecule has 0 N–H and O–H groups in total. The number of hydrogen-bond acceptors (Lipinski definition) is 3. The van der Waals surface area contributed by atoms with E-state index >= 15 is 0 Å². The first-order valence-corrected chi connectivity index (χ1v) is 9.24. The Morgan fingerprint density at radius 3 is 2.90 bits per heavy atom. The Bertz CT molecular complexity index is 673. The molecule has 0 spiro atoms. The van der Waals surface area contributed by atoms with Crippen molar-refractivity contribution in [3.8, 4) is 0 Å². The molecule has 3 rings (SSSR count). The summed E-state index contributed by atoms with van der Waals surface area (Å²) in [5.41, 5.74) is 5.38. The minimum atomic E-state index is 0.816. The predicted octanol–water partition coefficient (Wildman–Crippen LogP) is 5.39. The molecule has 4 heteroatoms. The number of nitrogens with zero attached hydrogens (tertiary/aromatic N) is 1. The number of thiophene rings is 1. The summed E-state index contributed by atoms with van der Waals surface area (Å²) in [5.74, 6) is 1.02. The monoisotopic (exact) mass is 335 g/mol. The zero-order chi connectivity index (χ0) is 14.8. The van der Waals surface area contributed by atoms with Gasteiger partial charge in [0.15, 0.2) is 0 Å². The zero-order valence-electron chi connectivity index (χ0n) is 12.2. The van der Waals surface area contributed by atoms with E-state index in [4.69, 9.17) is 11.6 Å². The summed E-state index contributed by atoms with van der Waals surface area (Å²) < 4.78 is 1.42. The molecule has 1 aliphatic rings. The van der Waals surface area contributed by atoms with Crippen molar-refractivity contribution in [2.24, 2.45) is 0 Å². The Balaban J connectivity index is 2.06. The van der Waals surface area contributed by atoms with E-state index < -0.39 is 0 Å². The molecule has 1 nitrogen and oxygen atoms in total. The molecule has 0 saturated carbocycles. The average molecular weight is 336 g/mol. The van der Waals surface area contributed by atoms with E-state index in [0.29, 0.717) is 0 Å². The maximum absolute atomic E-state index is 6.24. The van der Waals surface area contributed by atoms with Gasteiger partial charge in [-0.2, -0.15) is 0 Å². The lowest BCUT2D eigenvalue weighted by molar-refractivity contribution is 0.417. The number of halogens is 1. The molecule has 1 aromatic heterocycles. The fourth-order valence-electron chi connectivity index (χ4n) is 2.51. The molecule has 0 atom stereocenters. The number of thioether (sulfide) groups is 1. The minimum Gasteiger partial charge on any atom is -0.309 e. The van der Waals surface area contributed by atoms with Crippen molar-refractivity contribution in [1.82, 2.24) is 4.90 Å². The van der Waals surface area contributed by atoms with Gasteiger partial charge in [0.1, 0.15) is 0 Å². The highest BCUT2D eigenvalue weighted by atomic mass is 35.5. The first kappa shape index (κ1) is 15.2. The van der Waals surface area contributed by atoms with Crippen molar-refractivity contribution >= 4 is 40.3 Å². The fourth-order valence-corrected chi connectivity index (χ4v) is 4.80. The molecule has 0 aliphatic carbocycles. The van der Waals surface area contributed by atoms with Crippen LogP contribution < -0.4 is 0 Å². The second-order valence-electron chi connectivity index (χ2n) is 5.42. The molecule has 110 valence electrons. The second kappa shape index (κ2) is 6.57. The van der Waals surface area contributed by atoms with Gasteiger partial charge in [-0.25, -0.2) is 0 Å². The molecule has 2 heterocycles. The Hall–Kier alpha value is -0.740. The Morgan fingerprint density at radius 2 is 2.10 bits per heavy atom. The van der Waals surface area contributed by atoms with Gasteiger partial charge in [0.05, 0.1) is 4.21 Å². The van der Waals surface area contributed by atoms with Crippen LogP contribution in [-0.2, 0) is 5.75 Å². The molecule has 0 bridgehead atoms. The molecule has 21 heavy (non-hydrogen) atoms. The average Bonchev–Trinajstić information content (AvgIpc) is 2.85. The summed E-state index contributed by atoms with van der Waals surface area (Å²) in [6.45, 7) is 1.06. The second-order valence-corrected chi connectivity index (χ2v) is 8.02. The van der Waals surface area contributed by atoms with Gasteiger partial charge >= 0.3 is 0 Å². The highest BCUT2D eigenvalue weighted by Gasteiger charge is 2.19. The van der Waals surface area contributed by atoms with E-state index in [1.807, 2.05) is 29.2 Å². The minimum absolute atomic E-state index is 0.816. The Morgan fingerprint density at radius 1 is 1.24 bits per heavy atom. The maximum atomic E-state index is 6.24. The molecule has 0 saturated heterocycles. The van der Waals surface area contributed by atoms with E-state index in [-0.39, 0.29) is 0 Å². The molecule has 1 aliphatic heterocycles. The van der Waals surface area contributed by atoms with Gasteiger partial charge in [-0.1, -0.05) is 23.7 Å².